The molecular formula is C20H29ClN2O4S. The van der Waals surface area contributed by atoms with Crippen LogP contribution in [0.2, 0.25) is 5.02 Å². The summed E-state index contributed by atoms with van der Waals surface area (Å²) in [4.78, 5) is 0. The molecule has 4 rings (SSSR count). The molecule has 0 aliphatic carbocycles. The molecule has 0 saturated carbocycles. The Morgan fingerprint density at radius 2 is 1.96 bits per heavy atom. The zero-order valence-electron chi connectivity index (χ0n) is 16.6. The molecule has 3 aliphatic heterocycles. The summed E-state index contributed by atoms with van der Waals surface area (Å²) in [6.45, 7) is 6.43. The standard InChI is InChI=1S/C20H29ClN2O4S/c1-3-22(4-2)28(24,25)23-11-9-20(10-12-23)17-6-5-13-26-19(17)16-14-15(21)7-8-18(16)27-20/h7-8,14,17,19H,3-6,9-13H2,1-2H3/t17-,19+/m0/s1. The molecule has 0 radical (unpaired) electrons. The Hall–Kier alpha value is -0.860. The Balaban J connectivity index is 1.60. The normalized spacial score (nSPS) is 27.3. The molecule has 0 bridgehead atoms. The van der Waals surface area contributed by atoms with E-state index in [1.807, 2.05) is 32.0 Å². The van der Waals surface area contributed by atoms with E-state index in [0.717, 1.165) is 30.8 Å². The molecule has 1 spiro atoms. The van der Waals surface area contributed by atoms with Gasteiger partial charge in [0.2, 0.25) is 0 Å². The molecule has 0 aromatic heterocycles. The maximum atomic E-state index is 12.9. The average molecular weight is 429 g/mol. The van der Waals surface area contributed by atoms with E-state index in [1.165, 1.54) is 4.31 Å². The number of ether oxygens (including phenoxy) is 2. The highest BCUT2D eigenvalue weighted by molar-refractivity contribution is 7.86. The lowest BCUT2D eigenvalue weighted by Gasteiger charge is -2.53. The van der Waals surface area contributed by atoms with Crippen molar-refractivity contribution in [2.45, 2.75) is 51.2 Å². The third-order valence-electron chi connectivity index (χ3n) is 6.52. The molecule has 8 heteroatoms. The predicted octanol–water partition coefficient (Wildman–Crippen LogP) is 3.62. The van der Waals surface area contributed by atoms with Gasteiger partial charge in [0.05, 0.1) is 6.10 Å². The summed E-state index contributed by atoms with van der Waals surface area (Å²) < 4.78 is 41.7. The Bertz CT molecular complexity index is 819. The van der Waals surface area contributed by atoms with E-state index in [1.54, 1.807) is 4.31 Å². The van der Waals surface area contributed by atoms with Crippen molar-refractivity contribution in [1.82, 2.24) is 8.61 Å². The Labute approximate surface area is 172 Å². The monoisotopic (exact) mass is 428 g/mol. The number of nitrogens with zero attached hydrogens (tertiary/aromatic N) is 2. The highest BCUT2D eigenvalue weighted by atomic mass is 35.5. The zero-order chi connectivity index (χ0) is 19.9. The summed E-state index contributed by atoms with van der Waals surface area (Å²) >= 11 is 6.22. The Morgan fingerprint density at radius 1 is 1.25 bits per heavy atom. The van der Waals surface area contributed by atoms with Crippen molar-refractivity contribution >= 4 is 21.8 Å². The lowest BCUT2D eigenvalue weighted by Crippen LogP contribution is -2.59. The molecule has 2 atom stereocenters. The van der Waals surface area contributed by atoms with Crippen LogP contribution < -0.4 is 4.74 Å². The van der Waals surface area contributed by atoms with E-state index >= 15 is 0 Å². The lowest BCUT2D eigenvalue weighted by molar-refractivity contribution is -0.145. The van der Waals surface area contributed by atoms with E-state index in [9.17, 15) is 8.42 Å². The van der Waals surface area contributed by atoms with Crippen molar-refractivity contribution in [3.8, 4) is 5.75 Å². The first-order valence-corrected chi connectivity index (χ1v) is 12.0. The Kier molecular flexibility index (Phi) is 5.66. The summed E-state index contributed by atoms with van der Waals surface area (Å²) in [5, 5.41) is 0.686. The number of fused-ring (bicyclic) bond motifs is 4. The number of piperidine rings is 1. The highest BCUT2D eigenvalue weighted by Gasteiger charge is 2.53. The van der Waals surface area contributed by atoms with Gasteiger partial charge in [-0.05, 0) is 31.0 Å². The fourth-order valence-corrected chi connectivity index (χ4v) is 6.84. The summed E-state index contributed by atoms with van der Waals surface area (Å²) in [5.74, 6) is 1.05. The summed E-state index contributed by atoms with van der Waals surface area (Å²) in [5.41, 5.74) is 0.655. The second-order valence-electron chi connectivity index (χ2n) is 7.88. The van der Waals surface area contributed by atoms with E-state index < -0.39 is 10.2 Å². The molecule has 3 heterocycles. The molecule has 2 fully saturated rings. The van der Waals surface area contributed by atoms with Crippen molar-refractivity contribution in [3.05, 3.63) is 28.8 Å². The van der Waals surface area contributed by atoms with Crippen molar-refractivity contribution < 1.29 is 17.9 Å². The predicted molar refractivity (Wildman–Crippen MR) is 109 cm³/mol. The maximum Gasteiger partial charge on any atom is 0.281 e. The van der Waals surface area contributed by atoms with Crippen molar-refractivity contribution in [1.29, 1.82) is 0 Å². The second kappa shape index (κ2) is 7.76. The summed E-state index contributed by atoms with van der Waals surface area (Å²) in [6, 6.07) is 5.72. The van der Waals surface area contributed by atoms with Crippen LogP contribution in [-0.2, 0) is 14.9 Å². The molecule has 1 aromatic rings. The first-order chi connectivity index (χ1) is 13.4. The first-order valence-electron chi connectivity index (χ1n) is 10.3. The molecule has 1 aromatic carbocycles. The number of hydrogen-bond acceptors (Lipinski definition) is 4. The average Bonchev–Trinajstić information content (AvgIpc) is 2.70. The third-order valence-corrected chi connectivity index (χ3v) is 8.94. The molecule has 0 N–H and O–H groups in total. The molecule has 2 saturated heterocycles. The molecule has 0 amide bonds. The van der Waals surface area contributed by atoms with Crippen LogP contribution in [0.5, 0.6) is 5.75 Å². The molecule has 3 aliphatic rings. The lowest BCUT2D eigenvalue weighted by atomic mass is 9.70. The maximum absolute atomic E-state index is 12.9. The van der Waals surface area contributed by atoms with E-state index in [2.05, 4.69) is 0 Å². The summed E-state index contributed by atoms with van der Waals surface area (Å²) in [6.07, 6.45) is 3.37. The van der Waals surface area contributed by atoms with Gasteiger partial charge in [-0.15, -0.1) is 0 Å². The van der Waals surface area contributed by atoms with Gasteiger partial charge in [0, 0.05) is 62.1 Å². The van der Waals surface area contributed by atoms with Crippen LogP contribution in [0, 0.1) is 5.92 Å². The van der Waals surface area contributed by atoms with Crippen LogP contribution in [0.15, 0.2) is 18.2 Å². The van der Waals surface area contributed by atoms with Gasteiger partial charge in [-0.1, -0.05) is 25.4 Å². The number of rotatable bonds is 4. The van der Waals surface area contributed by atoms with Crippen LogP contribution in [0.3, 0.4) is 0 Å². The van der Waals surface area contributed by atoms with Gasteiger partial charge < -0.3 is 9.47 Å². The molecule has 0 unspecified atom stereocenters. The molecule has 6 nitrogen and oxygen atoms in total. The van der Waals surface area contributed by atoms with E-state index in [-0.39, 0.29) is 17.6 Å². The fourth-order valence-electron chi connectivity index (χ4n) is 5.04. The van der Waals surface area contributed by atoms with E-state index in [0.29, 0.717) is 44.0 Å². The topological polar surface area (TPSA) is 59.1 Å². The third kappa shape index (κ3) is 3.35. The van der Waals surface area contributed by atoms with Gasteiger partial charge in [0.1, 0.15) is 11.4 Å². The summed E-state index contributed by atoms with van der Waals surface area (Å²) in [7, 11) is -3.41. The van der Waals surface area contributed by atoms with Crippen LogP contribution >= 0.6 is 11.6 Å². The minimum atomic E-state index is -3.41. The smallest absolute Gasteiger partial charge is 0.281 e. The van der Waals surface area contributed by atoms with Gasteiger partial charge in [-0.25, -0.2) is 0 Å². The first kappa shape index (κ1) is 20.4. The van der Waals surface area contributed by atoms with Crippen LogP contribution in [0.1, 0.15) is 51.2 Å². The zero-order valence-corrected chi connectivity index (χ0v) is 18.1. The highest BCUT2D eigenvalue weighted by Crippen LogP contribution is 2.53. The van der Waals surface area contributed by atoms with Crippen LogP contribution in [0.4, 0.5) is 0 Å². The van der Waals surface area contributed by atoms with Crippen LogP contribution in [0.25, 0.3) is 0 Å². The van der Waals surface area contributed by atoms with Gasteiger partial charge >= 0.3 is 0 Å². The van der Waals surface area contributed by atoms with Crippen LogP contribution in [-0.4, -0.2) is 55.4 Å². The SMILES string of the molecule is CCN(CC)S(=O)(=O)N1CCC2(CC1)Oc1ccc(Cl)cc1[C@H]1OCCC[C@@H]12. The van der Waals surface area contributed by atoms with Crippen molar-refractivity contribution in [2.75, 3.05) is 32.8 Å². The minimum absolute atomic E-state index is 0.0258. The van der Waals surface area contributed by atoms with Gasteiger partial charge in [-0.3, -0.25) is 0 Å². The second-order valence-corrected chi connectivity index (χ2v) is 10.2. The molecular weight excluding hydrogens is 400 g/mol. The fraction of sp³-hybridized carbons (Fsp3) is 0.700. The van der Waals surface area contributed by atoms with E-state index in [4.69, 9.17) is 21.1 Å². The van der Waals surface area contributed by atoms with Gasteiger partial charge in [-0.2, -0.15) is 17.0 Å². The molecule has 156 valence electrons. The van der Waals surface area contributed by atoms with Crippen molar-refractivity contribution in [2.24, 2.45) is 5.92 Å². The number of halogens is 1. The Morgan fingerprint density at radius 3 is 2.64 bits per heavy atom. The largest absolute Gasteiger partial charge is 0.486 e. The van der Waals surface area contributed by atoms with Gasteiger partial charge in [0.25, 0.3) is 10.2 Å². The van der Waals surface area contributed by atoms with Gasteiger partial charge in [0.15, 0.2) is 0 Å². The number of benzene rings is 1. The quantitative estimate of drug-likeness (QED) is 0.734. The van der Waals surface area contributed by atoms with Crippen molar-refractivity contribution in [3.63, 3.8) is 0 Å². The number of hydrogen-bond donors (Lipinski definition) is 0. The molecule has 28 heavy (non-hydrogen) atoms. The minimum Gasteiger partial charge on any atom is -0.486 e.